The van der Waals surface area contributed by atoms with Gasteiger partial charge in [-0.3, -0.25) is 19.6 Å². The molecular weight excluding hydrogens is 790 g/mol. The summed E-state index contributed by atoms with van der Waals surface area (Å²) in [6.45, 7) is 10.9. The Morgan fingerprint density at radius 2 is 1.79 bits per heavy atom. The number of allylic oxidation sites excluding steroid dienone is 2. The lowest BCUT2D eigenvalue weighted by Gasteiger charge is -2.40. The Hall–Kier alpha value is -5.38. The molecule has 0 spiro atoms. The van der Waals surface area contributed by atoms with E-state index in [1.54, 1.807) is 25.4 Å². The van der Waals surface area contributed by atoms with E-state index in [9.17, 15) is 15.2 Å². The summed E-state index contributed by atoms with van der Waals surface area (Å²) in [5.74, 6) is 0.950. The van der Waals surface area contributed by atoms with Crippen LogP contribution in [0.2, 0.25) is 5.02 Å². The number of likely N-dealkylation sites (tertiary alicyclic amines) is 1. The van der Waals surface area contributed by atoms with Crippen LogP contribution in [0.3, 0.4) is 0 Å². The van der Waals surface area contributed by atoms with E-state index in [2.05, 4.69) is 89.3 Å². The van der Waals surface area contributed by atoms with Crippen LogP contribution in [-0.2, 0) is 22.7 Å². The SMILES string of the molecule is COc1ccccc1N1CCN(CCCOC2(COc3cc(OCc4cncc(C#N)c4)c(CN4CCCC[C@H]4C(=O)O)cc3Cl)C=CC=C(c3ccccc3C)C2C)CC1. The molecule has 4 aromatic rings. The maximum absolute atomic E-state index is 12.2. The van der Waals surface area contributed by atoms with Crippen LogP contribution < -0.4 is 19.1 Å². The fraction of sp³-hybridized carbons (Fsp3) is 0.408. The number of aliphatic carboxylic acids is 1. The van der Waals surface area contributed by atoms with Gasteiger partial charge in [-0.15, -0.1) is 0 Å². The van der Waals surface area contributed by atoms with Crippen molar-refractivity contribution in [3.8, 4) is 23.3 Å². The number of piperazine rings is 1. The second-order valence-corrected chi connectivity index (χ2v) is 16.6. The summed E-state index contributed by atoms with van der Waals surface area (Å²) in [4.78, 5) is 23.3. The van der Waals surface area contributed by atoms with Crippen molar-refractivity contribution in [3.63, 3.8) is 0 Å². The van der Waals surface area contributed by atoms with Crippen LogP contribution in [0.1, 0.15) is 60.4 Å². The number of nitrogens with zero attached hydrogens (tertiary/aromatic N) is 5. The quantitative estimate of drug-likeness (QED) is 0.103. The largest absolute Gasteiger partial charge is 0.495 e. The monoisotopic (exact) mass is 845 g/mol. The molecule has 61 heavy (non-hydrogen) atoms. The maximum Gasteiger partial charge on any atom is 0.320 e. The van der Waals surface area contributed by atoms with Crippen LogP contribution in [0.15, 0.2) is 97.4 Å². The molecular formula is C49H56ClN5O6. The molecule has 11 nitrogen and oxygen atoms in total. The van der Waals surface area contributed by atoms with Gasteiger partial charge in [-0.25, -0.2) is 0 Å². The van der Waals surface area contributed by atoms with Gasteiger partial charge in [0.15, 0.2) is 0 Å². The molecule has 0 radical (unpaired) electrons. The van der Waals surface area contributed by atoms with E-state index in [4.69, 9.17) is 30.5 Å². The number of piperidine rings is 1. The summed E-state index contributed by atoms with van der Waals surface area (Å²) in [6.07, 6.45) is 12.7. The normalized spacial score (nSPS) is 20.8. The molecule has 3 aliphatic rings. The first-order valence-electron chi connectivity index (χ1n) is 21.3. The zero-order valence-electron chi connectivity index (χ0n) is 35.4. The van der Waals surface area contributed by atoms with Crippen LogP contribution in [0.5, 0.6) is 17.2 Å². The number of pyridine rings is 1. The van der Waals surface area contributed by atoms with Crippen LogP contribution in [-0.4, -0.2) is 97.1 Å². The Morgan fingerprint density at radius 1 is 0.984 bits per heavy atom. The standard InChI is InChI=1S/C49H56ClN5O6/c1-35-12-4-5-13-40(35)41-14-10-18-49(36(41)2,61-25-11-19-53-21-23-54(24-22-53)43-15-6-7-17-45(43)58-3)34-60-47-28-46(59-33-38-26-37(29-51)30-52-31-38)39(27-42(47)50)32-55-20-9-8-16-44(55)48(56)57/h4-7,10,12-15,17-18,26-28,30-31,36,44H,8-9,11,16,19-25,32-34H2,1-3H3,(H,56,57)/t36?,44-,49?/m0/s1. The van der Waals surface area contributed by atoms with Gasteiger partial charge in [0.2, 0.25) is 0 Å². The van der Waals surface area contributed by atoms with Crippen LogP contribution in [0.25, 0.3) is 5.57 Å². The number of para-hydroxylation sites is 2. The number of aromatic nitrogens is 1. The molecule has 2 unspecified atom stereocenters. The first kappa shape index (κ1) is 43.7. The van der Waals surface area contributed by atoms with E-state index in [-0.39, 0.29) is 19.1 Å². The van der Waals surface area contributed by atoms with Gasteiger partial charge in [-0.05, 0) is 79.8 Å². The minimum absolute atomic E-state index is 0.0660. The molecule has 0 amide bonds. The molecule has 0 bridgehead atoms. The highest BCUT2D eigenvalue weighted by molar-refractivity contribution is 6.32. The second kappa shape index (κ2) is 20.5. The Balaban J connectivity index is 1.09. The van der Waals surface area contributed by atoms with Gasteiger partial charge in [0.05, 0.1) is 23.4 Å². The van der Waals surface area contributed by atoms with Crippen molar-refractivity contribution in [1.29, 1.82) is 5.26 Å². The second-order valence-electron chi connectivity index (χ2n) is 16.2. The van der Waals surface area contributed by atoms with Gasteiger partial charge in [0.25, 0.3) is 0 Å². The van der Waals surface area contributed by atoms with Crippen molar-refractivity contribution in [1.82, 2.24) is 14.8 Å². The summed E-state index contributed by atoms with van der Waals surface area (Å²) in [5.41, 5.74) is 5.76. The topological polar surface area (TPSA) is 121 Å². The molecule has 0 saturated carbocycles. The molecule has 320 valence electrons. The number of carboxylic acids is 1. The number of hydrogen-bond donors (Lipinski definition) is 1. The molecule has 1 N–H and O–H groups in total. The van der Waals surface area contributed by atoms with E-state index in [1.165, 1.54) is 22.9 Å². The molecule has 3 atom stereocenters. The maximum atomic E-state index is 12.2. The van der Waals surface area contributed by atoms with Gasteiger partial charge >= 0.3 is 5.97 Å². The Morgan fingerprint density at radius 3 is 2.57 bits per heavy atom. The summed E-state index contributed by atoms with van der Waals surface area (Å²) in [5, 5.41) is 19.9. The highest BCUT2D eigenvalue weighted by Crippen LogP contribution is 2.42. The van der Waals surface area contributed by atoms with Gasteiger partial charge in [0.1, 0.15) is 48.2 Å². The third-order valence-corrected chi connectivity index (χ3v) is 12.6. The predicted octanol–water partition coefficient (Wildman–Crippen LogP) is 8.58. The summed E-state index contributed by atoms with van der Waals surface area (Å²) in [7, 11) is 1.72. The lowest BCUT2D eigenvalue weighted by molar-refractivity contribution is -0.144. The smallest absolute Gasteiger partial charge is 0.320 e. The number of halogens is 1. The Labute approximate surface area is 364 Å². The number of ether oxygens (including phenoxy) is 4. The summed E-state index contributed by atoms with van der Waals surface area (Å²) >= 11 is 7.05. The highest BCUT2D eigenvalue weighted by Gasteiger charge is 2.40. The Kier molecular flexibility index (Phi) is 14.7. The lowest BCUT2D eigenvalue weighted by atomic mass is 9.76. The molecule has 1 aromatic heterocycles. The summed E-state index contributed by atoms with van der Waals surface area (Å²) in [6, 6.07) is 23.5. The third kappa shape index (κ3) is 10.6. The van der Waals surface area contributed by atoms with Crippen LogP contribution >= 0.6 is 11.6 Å². The van der Waals surface area contributed by atoms with Crippen molar-refractivity contribution in [2.45, 2.75) is 64.3 Å². The number of rotatable bonds is 17. The first-order valence-corrected chi connectivity index (χ1v) is 21.6. The average molecular weight is 846 g/mol. The summed E-state index contributed by atoms with van der Waals surface area (Å²) < 4.78 is 25.8. The third-order valence-electron chi connectivity index (χ3n) is 12.3. The van der Waals surface area contributed by atoms with Crippen LogP contribution in [0.4, 0.5) is 5.69 Å². The molecule has 2 saturated heterocycles. The molecule has 3 aromatic carbocycles. The van der Waals surface area contributed by atoms with E-state index in [1.807, 2.05) is 23.1 Å². The molecule has 7 rings (SSSR count). The molecule has 2 fully saturated rings. The number of hydrogen-bond acceptors (Lipinski definition) is 10. The van der Waals surface area contributed by atoms with Crippen molar-refractivity contribution >= 4 is 28.8 Å². The van der Waals surface area contributed by atoms with E-state index in [0.717, 1.165) is 74.6 Å². The zero-order chi connectivity index (χ0) is 42.8. The van der Waals surface area contributed by atoms with E-state index >= 15 is 0 Å². The van der Waals surface area contributed by atoms with Crippen molar-refractivity contribution in [2.75, 3.05) is 64.5 Å². The molecule has 2 aliphatic heterocycles. The van der Waals surface area contributed by atoms with Gasteiger partial charge < -0.3 is 29.0 Å². The van der Waals surface area contributed by atoms with E-state index < -0.39 is 17.6 Å². The number of anilines is 1. The van der Waals surface area contributed by atoms with Crippen molar-refractivity contribution < 1.29 is 28.8 Å². The van der Waals surface area contributed by atoms with Crippen molar-refractivity contribution in [3.05, 3.63) is 130 Å². The predicted molar refractivity (Wildman–Crippen MR) is 238 cm³/mol. The fourth-order valence-corrected chi connectivity index (χ4v) is 8.97. The number of methoxy groups -OCH3 is 1. The number of carbonyl (C=O) groups is 1. The van der Waals surface area contributed by atoms with Gasteiger partial charge in [0, 0.05) is 81.4 Å². The minimum atomic E-state index is -0.835. The lowest BCUT2D eigenvalue weighted by Crippen LogP contribution is -2.47. The number of benzene rings is 3. The first-order chi connectivity index (χ1) is 29.7. The number of carboxylic acid groups (broad SMARTS) is 1. The zero-order valence-corrected chi connectivity index (χ0v) is 36.2. The molecule has 1 aliphatic carbocycles. The highest BCUT2D eigenvalue weighted by atomic mass is 35.5. The van der Waals surface area contributed by atoms with E-state index in [0.29, 0.717) is 48.2 Å². The van der Waals surface area contributed by atoms with Gasteiger partial charge in [-0.2, -0.15) is 5.26 Å². The van der Waals surface area contributed by atoms with Crippen molar-refractivity contribution in [2.24, 2.45) is 5.92 Å². The van der Waals surface area contributed by atoms with Crippen LogP contribution in [0, 0.1) is 24.2 Å². The number of aryl methyl sites for hydroxylation is 1. The molecule has 12 heteroatoms. The average Bonchev–Trinajstić information content (AvgIpc) is 3.28. The minimum Gasteiger partial charge on any atom is -0.495 e. The number of nitriles is 1. The molecule has 3 heterocycles. The van der Waals surface area contributed by atoms with Gasteiger partial charge in [-0.1, -0.05) is 73.5 Å². The fourth-order valence-electron chi connectivity index (χ4n) is 8.73. The Bertz CT molecular complexity index is 2250.